The third-order valence-electron chi connectivity index (χ3n) is 2.95. The fraction of sp³-hybridized carbons (Fsp3) is 0.636. The summed E-state index contributed by atoms with van der Waals surface area (Å²) >= 11 is 0. The number of amides is 1. The molecule has 4 nitrogen and oxygen atoms in total. The van der Waals surface area contributed by atoms with Crippen LogP contribution < -0.4 is 5.32 Å². The van der Waals surface area contributed by atoms with Crippen LogP contribution in [0.15, 0.2) is 12.4 Å². The lowest BCUT2D eigenvalue weighted by Gasteiger charge is -2.20. The molecular formula is C11H17N3O. The quantitative estimate of drug-likeness (QED) is 0.799. The van der Waals surface area contributed by atoms with Gasteiger partial charge in [0, 0.05) is 18.8 Å². The Kier molecular flexibility index (Phi) is 3.37. The third-order valence-corrected chi connectivity index (χ3v) is 2.95. The van der Waals surface area contributed by atoms with E-state index >= 15 is 0 Å². The molecule has 2 N–H and O–H groups in total. The molecule has 1 aromatic heterocycles. The molecule has 0 aromatic carbocycles. The van der Waals surface area contributed by atoms with Crippen LogP contribution in [0.4, 0.5) is 5.95 Å². The molecule has 0 spiro atoms. The summed E-state index contributed by atoms with van der Waals surface area (Å²) in [5, 5.41) is 2.76. The molecule has 1 fully saturated rings. The first-order chi connectivity index (χ1) is 7.34. The summed E-state index contributed by atoms with van der Waals surface area (Å²) in [5.41, 5.74) is 0. The predicted octanol–water partition coefficient (Wildman–Crippen LogP) is 2.32. The standard InChI is InChI=1S/C11H17N3O/c15-10(14-11-12-6-7-13-11)8-9-4-2-1-3-5-9/h6-7,9H,1-5,8H2,(H2,12,13,14,15). The van der Waals surface area contributed by atoms with E-state index in [9.17, 15) is 4.79 Å². The minimum Gasteiger partial charge on any atom is -0.331 e. The van der Waals surface area contributed by atoms with Crippen molar-refractivity contribution in [2.75, 3.05) is 5.32 Å². The van der Waals surface area contributed by atoms with E-state index in [1.807, 2.05) is 0 Å². The molecular weight excluding hydrogens is 190 g/mol. The van der Waals surface area contributed by atoms with E-state index in [2.05, 4.69) is 15.3 Å². The second-order valence-corrected chi connectivity index (χ2v) is 4.19. The molecule has 1 aliphatic rings. The van der Waals surface area contributed by atoms with Crippen LogP contribution in [0.2, 0.25) is 0 Å². The number of nitrogens with one attached hydrogen (secondary N) is 2. The van der Waals surface area contributed by atoms with Crippen LogP contribution in [0.25, 0.3) is 0 Å². The number of nitrogens with zero attached hydrogens (tertiary/aromatic N) is 1. The zero-order chi connectivity index (χ0) is 10.5. The van der Waals surface area contributed by atoms with Gasteiger partial charge in [0.05, 0.1) is 0 Å². The topological polar surface area (TPSA) is 57.8 Å². The van der Waals surface area contributed by atoms with Gasteiger partial charge in [0.15, 0.2) is 0 Å². The van der Waals surface area contributed by atoms with Crippen LogP contribution in [0.1, 0.15) is 38.5 Å². The average Bonchev–Trinajstić information content (AvgIpc) is 2.71. The van der Waals surface area contributed by atoms with E-state index in [1.165, 1.54) is 32.1 Å². The highest BCUT2D eigenvalue weighted by atomic mass is 16.1. The molecule has 0 saturated heterocycles. The van der Waals surface area contributed by atoms with Crippen molar-refractivity contribution in [2.24, 2.45) is 5.92 Å². The zero-order valence-corrected chi connectivity index (χ0v) is 8.83. The Morgan fingerprint density at radius 2 is 2.27 bits per heavy atom. The van der Waals surface area contributed by atoms with Crippen LogP contribution in [0.3, 0.4) is 0 Å². The summed E-state index contributed by atoms with van der Waals surface area (Å²) < 4.78 is 0. The lowest BCUT2D eigenvalue weighted by molar-refractivity contribution is -0.117. The van der Waals surface area contributed by atoms with Crippen LogP contribution >= 0.6 is 0 Å². The number of H-pyrrole nitrogens is 1. The summed E-state index contributed by atoms with van der Waals surface area (Å²) in [5.74, 6) is 1.21. The molecule has 1 aliphatic carbocycles. The highest BCUT2D eigenvalue weighted by Crippen LogP contribution is 2.26. The Morgan fingerprint density at radius 1 is 1.47 bits per heavy atom. The number of imidazole rings is 1. The highest BCUT2D eigenvalue weighted by Gasteiger charge is 2.17. The average molecular weight is 207 g/mol. The Hall–Kier alpha value is -1.32. The second-order valence-electron chi connectivity index (χ2n) is 4.19. The zero-order valence-electron chi connectivity index (χ0n) is 8.83. The fourth-order valence-electron chi connectivity index (χ4n) is 2.17. The predicted molar refractivity (Wildman–Crippen MR) is 58.4 cm³/mol. The van der Waals surface area contributed by atoms with Gasteiger partial charge in [-0.1, -0.05) is 19.3 Å². The van der Waals surface area contributed by atoms with Crippen molar-refractivity contribution in [1.29, 1.82) is 0 Å². The van der Waals surface area contributed by atoms with Gasteiger partial charge in [-0.05, 0) is 18.8 Å². The molecule has 1 aromatic rings. The SMILES string of the molecule is O=C(CC1CCCCC1)Nc1ncc[nH]1. The van der Waals surface area contributed by atoms with Crippen molar-refractivity contribution in [2.45, 2.75) is 38.5 Å². The summed E-state index contributed by atoms with van der Waals surface area (Å²) in [6, 6.07) is 0. The molecule has 1 amide bonds. The number of anilines is 1. The van der Waals surface area contributed by atoms with Crippen molar-refractivity contribution in [3.8, 4) is 0 Å². The summed E-state index contributed by atoms with van der Waals surface area (Å²) in [4.78, 5) is 18.4. The number of aromatic nitrogens is 2. The number of carbonyl (C=O) groups excluding carboxylic acids is 1. The Morgan fingerprint density at radius 3 is 2.93 bits per heavy atom. The normalized spacial score (nSPS) is 17.6. The van der Waals surface area contributed by atoms with Crippen molar-refractivity contribution >= 4 is 11.9 Å². The lowest BCUT2D eigenvalue weighted by Crippen LogP contribution is -2.18. The molecule has 0 radical (unpaired) electrons. The van der Waals surface area contributed by atoms with Crippen molar-refractivity contribution in [3.05, 3.63) is 12.4 Å². The largest absolute Gasteiger partial charge is 0.331 e. The molecule has 0 atom stereocenters. The first-order valence-electron chi connectivity index (χ1n) is 5.64. The number of carbonyl (C=O) groups is 1. The van der Waals surface area contributed by atoms with Crippen molar-refractivity contribution in [1.82, 2.24) is 9.97 Å². The first-order valence-corrected chi connectivity index (χ1v) is 5.64. The van der Waals surface area contributed by atoms with E-state index in [0.717, 1.165) is 0 Å². The van der Waals surface area contributed by atoms with Gasteiger partial charge < -0.3 is 4.98 Å². The Balaban J connectivity index is 1.76. The van der Waals surface area contributed by atoms with Gasteiger partial charge in [-0.15, -0.1) is 0 Å². The molecule has 4 heteroatoms. The van der Waals surface area contributed by atoms with E-state index in [4.69, 9.17) is 0 Å². The molecule has 1 heterocycles. The van der Waals surface area contributed by atoms with Crippen molar-refractivity contribution < 1.29 is 4.79 Å². The minimum atomic E-state index is 0.0804. The monoisotopic (exact) mass is 207 g/mol. The Bertz CT molecular complexity index is 302. The maximum atomic E-state index is 11.6. The number of rotatable bonds is 3. The summed E-state index contributed by atoms with van der Waals surface area (Å²) in [6.07, 6.45) is 10.3. The highest BCUT2D eigenvalue weighted by molar-refractivity contribution is 5.89. The van der Waals surface area contributed by atoms with Gasteiger partial charge in [0.1, 0.15) is 0 Å². The fourth-order valence-corrected chi connectivity index (χ4v) is 2.17. The van der Waals surface area contributed by atoms with Crippen LogP contribution in [-0.4, -0.2) is 15.9 Å². The Labute approximate surface area is 89.5 Å². The maximum Gasteiger partial charge on any atom is 0.226 e. The molecule has 0 bridgehead atoms. The first kappa shape index (κ1) is 10.2. The summed E-state index contributed by atoms with van der Waals surface area (Å²) in [6.45, 7) is 0. The van der Waals surface area contributed by atoms with Crippen LogP contribution in [-0.2, 0) is 4.79 Å². The molecule has 2 rings (SSSR count). The molecule has 1 saturated carbocycles. The van der Waals surface area contributed by atoms with Crippen LogP contribution in [0, 0.1) is 5.92 Å². The van der Waals surface area contributed by atoms with Crippen LogP contribution in [0.5, 0.6) is 0 Å². The van der Waals surface area contributed by atoms with Gasteiger partial charge in [0.2, 0.25) is 11.9 Å². The van der Waals surface area contributed by atoms with Gasteiger partial charge >= 0.3 is 0 Å². The minimum absolute atomic E-state index is 0.0804. The number of hydrogen-bond acceptors (Lipinski definition) is 2. The van der Waals surface area contributed by atoms with E-state index in [1.54, 1.807) is 12.4 Å². The molecule has 0 aliphatic heterocycles. The van der Waals surface area contributed by atoms with E-state index < -0.39 is 0 Å². The van der Waals surface area contributed by atoms with Gasteiger partial charge in [-0.25, -0.2) is 4.98 Å². The van der Waals surface area contributed by atoms with E-state index in [-0.39, 0.29) is 5.91 Å². The maximum absolute atomic E-state index is 11.6. The van der Waals surface area contributed by atoms with Gasteiger partial charge in [-0.2, -0.15) is 0 Å². The second kappa shape index (κ2) is 4.96. The van der Waals surface area contributed by atoms with Crippen molar-refractivity contribution in [3.63, 3.8) is 0 Å². The van der Waals surface area contributed by atoms with E-state index in [0.29, 0.717) is 18.3 Å². The molecule has 0 unspecified atom stereocenters. The smallest absolute Gasteiger partial charge is 0.226 e. The summed E-state index contributed by atoms with van der Waals surface area (Å²) in [7, 11) is 0. The number of hydrogen-bond donors (Lipinski definition) is 2. The van der Waals surface area contributed by atoms with Gasteiger partial charge in [-0.3, -0.25) is 10.1 Å². The molecule has 15 heavy (non-hydrogen) atoms. The van der Waals surface area contributed by atoms with Gasteiger partial charge in [0.25, 0.3) is 0 Å². The third kappa shape index (κ3) is 3.08. The molecule has 82 valence electrons. The number of aromatic amines is 1. The lowest BCUT2D eigenvalue weighted by atomic mass is 9.87.